The number of benzene rings is 3. The lowest BCUT2D eigenvalue weighted by molar-refractivity contribution is -0.153. The van der Waals surface area contributed by atoms with E-state index in [2.05, 4.69) is 60.4 Å². The van der Waals surface area contributed by atoms with Gasteiger partial charge in [-0.15, -0.1) is 0 Å². The molecule has 3 heteroatoms. The number of carbonyl (C=O) groups excluding carboxylic acids is 1. The highest BCUT2D eigenvalue weighted by atomic mass is 16.5. The van der Waals surface area contributed by atoms with E-state index in [4.69, 9.17) is 4.74 Å². The zero-order chi connectivity index (χ0) is 21.4. The molecule has 3 nitrogen and oxygen atoms in total. The van der Waals surface area contributed by atoms with E-state index in [0.717, 1.165) is 27.7 Å². The topological polar surface area (TPSA) is 42.1 Å². The van der Waals surface area contributed by atoms with Gasteiger partial charge in [-0.25, -0.2) is 0 Å². The van der Waals surface area contributed by atoms with E-state index >= 15 is 0 Å². The van der Waals surface area contributed by atoms with E-state index in [0.29, 0.717) is 0 Å². The Morgan fingerprint density at radius 2 is 1.40 bits per heavy atom. The highest BCUT2D eigenvalue weighted by molar-refractivity contribution is 5.86. The molecule has 0 atom stereocenters. The van der Waals surface area contributed by atoms with Crippen LogP contribution in [0.2, 0.25) is 0 Å². The highest BCUT2D eigenvalue weighted by Gasteiger charge is 2.55. The number of rotatable bonds is 5. The number of aromatic amines is 1. The maximum absolute atomic E-state index is 13.2. The van der Waals surface area contributed by atoms with Gasteiger partial charge in [0.1, 0.15) is 0 Å². The molecule has 0 amide bonds. The van der Waals surface area contributed by atoms with Crippen LogP contribution in [0.3, 0.4) is 0 Å². The molecule has 4 rings (SSSR count). The van der Waals surface area contributed by atoms with Crippen LogP contribution in [-0.2, 0) is 14.9 Å². The summed E-state index contributed by atoms with van der Waals surface area (Å²) in [4.78, 5) is 16.9. The molecule has 4 aromatic rings. The second-order valence-corrected chi connectivity index (χ2v) is 8.32. The quantitative estimate of drug-likeness (QED) is 0.419. The molecule has 0 unspecified atom stereocenters. The van der Waals surface area contributed by atoms with Crippen LogP contribution in [0.15, 0.2) is 84.9 Å². The smallest absolute Gasteiger partial charge is 0.312 e. The first-order chi connectivity index (χ1) is 14.4. The van der Waals surface area contributed by atoms with Crippen molar-refractivity contribution in [1.29, 1.82) is 0 Å². The molecular formula is C27H27NO2. The number of esters is 1. The van der Waals surface area contributed by atoms with Gasteiger partial charge in [-0.2, -0.15) is 0 Å². The minimum atomic E-state index is -0.890. The lowest BCUT2D eigenvalue weighted by atomic mass is 9.56. The standard InChI is InChI=1S/C27H27NO2/c1-19-12-11-13-20-18-23(28-24(19)20)27(21-14-7-5-8-15-21,22-16-9-6-10-17-22)26(2,3)25(29)30-4/h5-18,28H,1-4H3. The van der Waals surface area contributed by atoms with Crippen LogP contribution in [0.5, 0.6) is 0 Å². The molecule has 1 aromatic heterocycles. The number of carbonyl (C=O) groups is 1. The van der Waals surface area contributed by atoms with Gasteiger partial charge in [0.25, 0.3) is 0 Å². The SMILES string of the molecule is COC(=O)C(C)(C)C(c1ccccc1)(c1ccccc1)c1cc2cccc(C)c2[nH]1. The molecule has 0 aliphatic heterocycles. The first-order valence-corrected chi connectivity index (χ1v) is 10.2. The Bertz CT molecular complexity index is 1130. The molecular weight excluding hydrogens is 370 g/mol. The number of H-pyrrole nitrogens is 1. The average Bonchev–Trinajstić information content (AvgIpc) is 3.20. The third kappa shape index (κ3) is 2.85. The van der Waals surface area contributed by atoms with Gasteiger partial charge < -0.3 is 9.72 Å². The number of ether oxygens (including phenoxy) is 1. The minimum Gasteiger partial charge on any atom is -0.469 e. The third-order valence-corrected chi connectivity index (χ3v) is 6.32. The summed E-state index contributed by atoms with van der Waals surface area (Å²) in [7, 11) is 1.46. The molecule has 0 saturated carbocycles. The van der Waals surface area contributed by atoms with Crippen LogP contribution in [0, 0.1) is 12.3 Å². The number of para-hydroxylation sites is 1. The van der Waals surface area contributed by atoms with Gasteiger partial charge in [-0.1, -0.05) is 78.9 Å². The fourth-order valence-corrected chi connectivity index (χ4v) is 4.83. The van der Waals surface area contributed by atoms with E-state index < -0.39 is 10.8 Å². The van der Waals surface area contributed by atoms with E-state index in [1.54, 1.807) is 0 Å². The number of methoxy groups -OCH3 is 1. The highest BCUT2D eigenvalue weighted by Crippen LogP contribution is 2.52. The Kier molecular flexibility index (Phi) is 4.98. The summed E-state index contributed by atoms with van der Waals surface area (Å²) in [5, 5.41) is 1.13. The third-order valence-electron chi connectivity index (χ3n) is 6.32. The first-order valence-electron chi connectivity index (χ1n) is 10.2. The van der Waals surface area contributed by atoms with Gasteiger partial charge in [-0.05, 0) is 48.9 Å². The molecule has 0 saturated heterocycles. The van der Waals surface area contributed by atoms with Crippen molar-refractivity contribution in [1.82, 2.24) is 4.98 Å². The largest absolute Gasteiger partial charge is 0.469 e. The number of aromatic nitrogens is 1. The van der Waals surface area contributed by atoms with Crippen LogP contribution in [-0.4, -0.2) is 18.1 Å². The van der Waals surface area contributed by atoms with Crippen LogP contribution in [0.4, 0.5) is 0 Å². The summed E-state index contributed by atoms with van der Waals surface area (Å²) in [6.07, 6.45) is 0. The Morgan fingerprint density at radius 3 is 1.90 bits per heavy atom. The molecule has 0 spiro atoms. The van der Waals surface area contributed by atoms with Crippen molar-refractivity contribution in [2.45, 2.75) is 26.2 Å². The minimum absolute atomic E-state index is 0.259. The molecule has 1 heterocycles. The summed E-state index contributed by atoms with van der Waals surface area (Å²) in [5.41, 5.74) is 3.65. The molecule has 3 aromatic carbocycles. The molecule has 0 aliphatic rings. The van der Waals surface area contributed by atoms with Gasteiger partial charge in [0.2, 0.25) is 0 Å². The van der Waals surface area contributed by atoms with Crippen molar-refractivity contribution in [3.63, 3.8) is 0 Å². The molecule has 0 fully saturated rings. The number of aryl methyl sites for hydroxylation is 1. The molecule has 0 bridgehead atoms. The molecule has 0 aliphatic carbocycles. The number of hydrogen-bond donors (Lipinski definition) is 1. The Hall–Kier alpha value is -3.33. The van der Waals surface area contributed by atoms with E-state index in [1.807, 2.05) is 50.2 Å². The van der Waals surface area contributed by atoms with Crippen molar-refractivity contribution >= 4 is 16.9 Å². The lowest BCUT2D eigenvalue weighted by Crippen LogP contribution is -2.49. The average molecular weight is 398 g/mol. The van der Waals surface area contributed by atoms with Gasteiger partial charge in [0.05, 0.1) is 17.9 Å². The second-order valence-electron chi connectivity index (χ2n) is 8.32. The normalized spacial score (nSPS) is 12.1. The number of nitrogens with one attached hydrogen (secondary N) is 1. The van der Waals surface area contributed by atoms with Crippen molar-refractivity contribution in [3.8, 4) is 0 Å². The number of hydrogen-bond acceptors (Lipinski definition) is 2. The zero-order valence-electron chi connectivity index (χ0n) is 17.9. The molecule has 30 heavy (non-hydrogen) atoms. The lowest BCUT2D eigenvalue weighted by Gasteiger charge is -2.45. The van der Waals surface area contributed by atoms with Gasteiger partial charge in [-0.3, -0.25) is 4.79 Å². The van der Waals surface area contributed by atoms with Crippen molar-refractivity contribution in [3.05, 3.63) is 107 Å². The van der Waals surface area contributed by atoms with E-state index in [9.17, 15) is 4.79 Å². The van der Waals surface area contributed by atoms with Crippen LogP contribution < -0.4 is 0 Å². The van der Waals surface area contributed by atoms with E-state index in [-0.39, 0.29) is 5.97 Å². The summed E-state index contributed by atoms with van der Waals surface area (Å²) < 4.78 is 5.33. The van der Waals surface area contributed by atoms with Crippen molar-refractivity contribution in [2.24, 2.45) is 5.41 Å². The zero-order valence-corrected chi connectivity index (χ0v) is 17.9. The first kappa shape index (κ1) is 20.0. The van der Waals surface area contributed by atoms with Crippen molar-refractivity contribution < 1.29 is 9.53 Å². The van der Waals surface area contributed by atoms with Gasteiger partial charge >= 0.3 is 5.97 Å². The van der Waals surface area contributed by atoms with Gasteiger partial charge in [0, 0.05) is 11.2 Å². The monoisotopic (exact) mass is 397 g/mol. The Balaban J connectivity index is 2.17. The fourth-order valence-electron chi connectivity index (χ4n) is 4.83. The van der Waals surface area contributed by atoms with Gasteiger partial charge in [0.15, 0.2) is 0 Å². The molecule has 0 radical (unpaired) electrons. The Morgan fingerprint density at radius 1 is 0.833 bits per heavy atom. The Labute approximate surface area is 177 Å². The van der Waals surface area contributed by atoms with Crippen molar-refractivity contribution in [2.75, 3.05) is 7.11 Å². The van der Waals surface area contributed by atoms with Crippen LogP contribution in [0.1, 0.15) is 36.2 Å². The summed E-state index contributed by atoms with van der Waals surface area (Å²) >= 11 is 0. The molecule has 152 valence electrons. The maximum Gasteiger partial charge on any atom is 0.312 e. The number of fused-ring (bicyclic) bond motifs is 1. The second kappa shape index (κ2) is 7.49. The predicted molar refractivity (Wildman–Crippen MR) is 122 cm³/mol. The van der Waals surface area contributed by atoms with E-state index in [1.165, 1.54) is 12.7 Å². The molecule has 1 N–H and O–H groups in total. The maximum atomic E-state index is 13.2. The van der Waals surface area contributed by atoms with Crippen LogP contribution >= 0.6 is 0 Å². The summed E-state index contributed by atoms with van der Waals surface area (Å²) in [6, 6.07) is 28.9. The van der Waals surface area contributed by atoms with Crippen LogP contribution in [0.25, 0.3) is 10.9 Å². The summed E-state index contributed by atoms with van der Waals surface area (Å²) in [6.45, 7) is 6.04. The summed E-state index contributed by atoms with van der Waals surface area (Å²) in [5.74, 6) is -0.259. The fraction of sp³-hybridized carbons (Fsp3) is 0.222. The predicted octanol–water partition coefficient (Wildman–Crippen LogP) is 6.01.